The number of carbonyl (C=O) groups is 2. The van der Waals surface area contributed by atoms with Gasteiger partial charge in [0.1, 0.15) is 5.78 Å². The zero-order chi connectivity index (χ0) is 16.9. The van der Waals surface area contributed by atoms with Crippen molar-refractivity contribution in [1.82, 2.24) is 0 Å². The third-order valence-electron chi connectivity index (χ3n) is 4.18. The van der Waals surface area contributed by atoms with Gasteiger partial charge in [-0.25, -0.2) is 0 Å². The van der Waals surface area contributed by atoms with Crippen LogP contribution in [0.2, 0.25) is 0 Å². The summed E-state index contributed by atoms with van der Waals surface area (Å²) in [5.74, 6) is 0.841. The van der Waals surface area contributed by atoms with Gasteiger partial charge < -0.3 is 0 Å². The molecule has 1 rings (SSSR count). The number of hydrogen-bond acceptors (Lipinski definition) is 2. The Balaban J connectivity index is 3.01. The largest absolute Gasteiger partial charge is 0.299 e. The van der Waals surface area contributed by atoms with Gasteiger partial charge in [0.25, 0.3) is 0 Å². The second kappa shape index (κ2) is 8.26. The smallest absolute Gasteiger partial charge is 0.178 e. The molecule has 2 atom stereocenters. The summed E-state index contributed by atoms with van der Waals surface area (Å²) in [6.45, 7) is 12.1. The van der Waals surface area contributed by atoms with Crippen LogP contribution in [0, 0.1) is 17.8 Å². The zero-order valence-electron chi connectivity index (χ0n) is 14.9. The summed E-state index contributed by atoms with van der Waals surface area (Å²) in [5.41, 5.74) is 3.21. The van der Waals surface area contributed by atoms with E-state index in [0.717, 1.165) is 24.0 Å². The van der Waals surface area contributed by atoms with Gasteiger partial charge in [0.05, 0.1) is 0 Å². The van der Waals surface area contributed by atoms with Crippen LogP contribution in [0.1, 0.15) is 60.8 Å². The average Bonchev–Trinajstić information content (AvgIpc) is 2.35. The van der Waals surface area contributed by atoms with Gasteiger partial charge in [-0.15, -0.1) is 0 Å². The fourth-order valence-electron chi connectivity index (χ4n) is 3.26. The number of rotatable bonds is 6. The first-order chi connectivity index (χ1) is 10.2. The van der Waals surface area contributed by atoms with Crippen LogP contribution in [0.15, 0.2) is 34.9 Å². The van der Waals surface area contributed by atoms with Crippen molar-refractivity contribution < 1.29 is 9.59 Å². The molecule has 0 saturated heterocycles. The first-order valence-corrected chi connectivity index (χ1v) is 8.28. The standard InChI is InChI=1S/C20H30O2/c1-13(2)10-17(21)12-16(6)18-9-7-8-15(5)20(18)19(22)11-14(3)4/h8,10,12,14,18,20H,7,9,11H2,1-6H3. The highest BCUT2D eigenvalue weighted by atomic mass is 16.1. The Hall–Kier alpha value is -1.44. The summed E-state index contributed by atoms with van der Waals surface area (Å²) in [6, 6.07) is 0. The highest BCUT2D eigenvalue weighted by molar-refractivity contribution is 6.00. The normalized spacial score (nSPS) is 22.3. The van der Waals surface area contributed by atoms with E-state index in [4.69, 9.17) is 0 Å². The van der Waals surface area contributed by atoms with Gasteiger partial charge >= 0.3 is 0 Å². The lowest BCUT2D eigenvalue weighted by atomic mass is 9.72. The van der Waals surface area contributed by atoms with E-state index in [1.165, 1.54) is 5.57 Å². The molecule has 0 aromatic heterocycles. The van der Waals surface area contributed by atoms with E-state index in [9.17, 15) is 9.59 Å². The minimum absolute atomic E-state index is 0.0276. The van der Waals surface area contributed by atoms with Crippen LogP contribution in [0.3, 0.4) is 0 Å². The first kappa shape index (κ1) is 18.6. The maximum absolute atomic E-state index is 12.6. The molecule has 2 nitrogen and oxygen atoms in total. The maximum atomic E-state index is 12.6. The van der Waals surface area contributed by atoms with Crippen LogP contribution in [0.4, 0.5) is 0 Å². The van der Waals surface area contributed by atoms with Crippen molar-refractivity contribution in [3.05, 3.63) is 34.9 Å². The van der Waals surface area contributed by atoms with E-state index in [-0.39, 0.29) is 17.6 Å². The van der Waals surface area contributed by atoms with Gasteiger partial charge in [0.2, 0.25) is 0 Å². The average molecular weight is 302 g/mol. The molecule has 2 heteroatoms. The van der Waals surface area contributed by atoms with Crippen LogP contribution in [-0.2, 0) is 9.59 Å². The van der Waals surface area contributed by atoms with Crippen molar-refractivity contribution in [2.24, 2.45) is 17.8 Å². The molecule has 0 N–H and O–H groups in total. The molecule has 0 aliphatic heterocycles. The summed E-state index contributed by atoms with van der Waals surface area (Å²) in [5, 5.41) is 0. The Morgan fingerprint density at radius 3 is 2.41 bits per heavy atom. The first-order valence-electron chi connectivity index (χ1n) is 8.28. The van der Waals surface area contributed by atoms with Gasteiger partial charge in [0, 0.05) is 12.3 Å². The van der Waals surface area contributed by atoms with Gasteiger partial charge in [-0.3, -0.25) is 9.59 Å². The van der Waals surface area contributed by atoms with Crippen LogP contribution in [0.25, 0.3) is 0 Å². The van der Waals surface area contributed by atoms with Crippen molar-refractivity contribution in [1.29, 1.82) is 0 Å². The van der Waals surface area contributed by atoms with Gasteiger partial charge in [-0.1, -0.05) is 36.6 Å². The molecule has 0 spiro atoms. The Morgan fingerprint density at radius 1 is 1.23 bits per heavy atom. The second-order valence-corrected chi connectivity index (χ2v) is 7.19. The molecule has 122 valence electrons. The predicted octanol–water partition coefficient (Wildman–Crippen LogP) is 5.06. The molecular weight excluding hydrogens is 272 g/mol. The van der Waals surface area contributed by atoms with E-state index < -0.39 is 0 Å². The molecule has 0 aromatic carbocycles. The Kier molecular flexibility index (Phi) is 6.99. The van der Waals surface area contributed by atoms with Crippen LogP contribution >= 0.6 is 0 Å². The number of Topliss-reactive ketones (excluding diaryl/α,β-unsaturated/α-hetero) is 1. The minimum atomic E-state index is -0.0492. The monoisotopic (exact) mass is 302 g/mol. The van der Waals surface area contributed by atoms with Crippen molar-refractivity contribution in [3.8, 4) is 0 Å². The summed E-state index contributed by atoms with van der Waals surface area (Å²) in [4.78, 5) is 24.6. The van der Waals surface area contributed by atoms with E-state index in [1.807, 2.05) is 20.8 Å². The van der Waals surface area contributed by atoms with E-state index in [2.05, 4.69) is 26.8 Å². The second-order valence-electron chi connectivity index (χ2n) is 7.19. The molecule has 1 aliphatic rings. The van der Waals surface area contributed by atoms with Gasteiger partial charge in [-0.2, -0.15) is 0 Å². The van der Waals surface area contributed by atoms with Crippen molar-refractivity contribution in [2.75, 3.05) is 0 Å². The molecule has 0 bridgehead atoms. The lowest BCUT2D eigenvalue weighted by Gasteiger charge is -2.31. The Morgan fingerprint density at radius 2 is 1.86 bits per heavy atom. The summed E-state index contributed by atoms with van der Waals surface area (Å²) < 4.78 is 0. The molecule has 0 aromatic rings. The zero-order valence-corrected chi connectivity index (χ0v) is 14.9. The van der Waals surface area contributed by atoms with Crippen molar-refractivity contribution in [2.45, 2.75) is 60.8 Å². The third kappa shape index (κ3) is 5.40. The number of hydrogen-bond donors (Lipinski definition) is 0. The quantitative estimate of drug-likeness (QED) is 0.508. The van der Waals surface area contributed by atoms with Crippen LogP contribution in [-0.4, -0.2) is 11.6 Å². The van der Waals surface area contributed by atoms with Gasteiger partial charge in [0.15, 0.2) is 5.78 Å². The summed E-state index contributed by atoms with van der Waals surface area (Å²) in [6.07, 6.45) is 8.11. The number of ketones is 2. The van der Waals surface area contributed by atoms with Gasteiger partial charge in [-0.05, 0) is 64.5 Å². The van der Waals surface area contributed by atoms with Crippen LogP contribution < -0.4 is 0 Å². The van der Waals surface area contributed by atoms with E-state index in [1.54, 1.807) is 12.2 Å². The topological polar surface area (TPSA) is 34.1 Å². The molecule has 0 amide bonds. The SMILES string of the molecule is CC(C)=CC(=O)C=C(C)C1CCC=C(C)C1C(=O)CC(C)C. The lowest BCUT2D eigenvalue weighted by molar-refractivity contribution is -0.123. The van der Waals surface area contributed by atoms with E-state index >= 15 is 0 Å². The fourth-order valence-corrected chi connectivity index (χ4v) is 3.26. The summed E-state index contributed by atoms with van der Waals surface area (Å²) in [7, 11) is 0. The van der Waals surface area contributed by atoms with Crippen molar-refractivity contribution in [3.63, 3.8) is 0 Å². The number of allylic oxidation sites excluding steroid dienone is 6. The molecule has 2 unspecified atom stereocenters. The summed E-state index contributed by atoms with van der Waals surface area (Å²) >= 11 is 0. The molecule has 0 radical (unpaired) electrons. The molecular formula is C20H30O2. The highest BCUT2D eigenvalue weighted by Crippen LogP contribution is 2.37. The molecule has 0 fully saturated rings. The Labute approximate surface area is 135 Å². The minimum Gasteiger partial charge on any atom is -0.299 e. The third-order valence-corrected chi connectivity index (χ3v) is 4.18. The van der Waals surface area contributed by atoms with E-state index in [0.29, 0.717) is 18.1 Å². The maximum Gasteiger partial charge on any atom is 0.178 e. The number of carbonyl (C=O) groups excluding carboxylic acids is 2. The fraction of sp³-hybridized carbons (Fsp3) is 0.600. The Bertz CT molecular complexity index is 514. The lowest BCUT2D eigenvalue weighted by Crippen LogP contribution is -2.29. The van der Waals surface area contributed by atoms with Crippen LogP contribution in [0.5, 0.6) is 0 Å². The molecule has 0 saturated carbocycles. The van der Waals surface area contributed by atoms with Crippen molar-refractivity contribution >= 4 is 11.6 Å². The molecule has 0 heterocycles. The molecule has 22 heavy (non-hydrogen) atoms. The molecule has 1 aliphatic carbocycles. The predicted molar refractivity (Wildman–Crippen MR) is 92.6 cm³/mol. The highest BCUT2D eigenvalue weighted by Gasteiger charge is 2.32.